The van der Waals surface area contributed by atoms with Crippen LogP contribution in [0.25, 0.3) is 0 Å². The summed E-state index contributed by atoms with van der Waals surface area (Å²) in [5, 5.41) is 0. The molecule has 0 heterocycles. The molecule has 0 aliphatic carbocycles. The van der Waals surface area contributed by atoms with Crippen molar-refractivity contribution in [1.82, 2.24) is 0 Å². The third kappa shape index (κ3) is 13.3. The molecule has 1 heteroatoms. The van der Waals surface area contributed by atoms with E-state index in [-0.39, 0.29) is 21.1 Å². The van der Waals surface area contributed by atoms with Gasteiger partial charge in [-0.15, -0.1) is 0 Å². The molecule has 0 N–H and O–H groups in total. The molecule has 0 amide bonds. The fourth-order valence-corrected chi connectivity index (χ4v) is 1.15. The smallest absolute Gasteiger partial charge is 0 e. The maximum absolute atomic E-state index is 2.32. The molecule has 0 radical (unpaired) electrons. The summed E-state index contributed by atoms with van der Waals surface area (Å²) in [6, 6.07) is 0. The third-order valence-electron chi connectivity index (χ3n) is 1.85. The topological polar surface area (TPSA) is 0 Å². The van der Waals surface area contributed by atoms with Gasteiger partial charge >= 0.3 is 0 Å². The average Bonchev–Trinajstić information content (AvgIpc) is 1.55. The van der Waals surface area contributed by atoms with Crippen molar-refractivity contribution >= 4 is 0 Å². The molecule has 0 bridgehead atoms. The fourth-order valence-electron chi connectivity index (χ4n) is 1.15. The monoisotopic (exact) mass is 340 g/mol. The standard InChI is InChI=1S/C11H24.W/c1-10(2,3)8-7-9-11(4,5)6;/h7-9H2,1-6H3;. The van der Waals surface area contributed by atoms with Crippen molar-refractivity contribution in [1.29, 1.82) is 0 Å². The summed E-state index contributed by atoms with van der Waals surface area (Å²) in [5.41, 5.74) is 1.04. The van der Waals surface area contributed by atoms with E-state index in [0.717, 1.165) is 0 Å². The van der Waals surface area contributed by atoms with Gasteiger partial charge in [-0.2, -0.15) is 0 Å². The van der Waals surface area contributed by atoms with Crippen LogP contribution in [0.15, 0.2) is 0 Å². The molecule has 0 nitrogen and oxygen atoms in total. The molecule has 0 aromatic heterocycles. The van der Waals surface area contributed by atoms with Gasteiger partial charge in [0.2, 0.25) is 0 Å². The Labute approximate surface area is 92.8 Å². The van der Waals surface area contributed by atoms with Crippen molar-refractivity contribution in [2.45, 2.75) is 60.8 Å². The molecule has 0 rings (SSSR count). The van der Waals surface area contributed by atoms with Crippen LogP contribution in [0.5, 0.6) is 0 Å². The Kier molecular flexibility index (Phi) is 6.86. The molecule has 0 aliphatic heterocycles. The van der Waals surface area contributed by atoms with E-state index in [2.05, 4.69) is 41.5 Å². The minimum absolute atomic E-state index is 0. The van der Waals surface area contributed by atoms with Crippen LogP contribution in [0, 0.1) is 10.8 Å². The van der Waals surface area contributed by atoms with Gasteiger partial charge in [0.25, 0.3) is 0 Å². The van der Waals surface area contributed by atoms with Crippen LogP contribution in [0.4, 0.5) is 0 Å². The van der Waals surface area contributed by atoms with Crippen LogP contribution in [0.1, 0.15) is 60.8 Å². The Balaban J connectivity index is 0. The molecule has 74 valence electrons. The molecule has 0 aliphatic rings. The van der Waals surface area contributed by atoms with Gasteiger partial charge in [0.15, 0.2) is 0 Å². The molecular formula is C11H24W. The largest absolute Gasteiger partial charge is 0.0602 e. The van der Waals surface area contributed by atoms with Crippen LogP contribution in [-0.2, 0) is 21.1 Å². The van der Waals surface area contributed by atoms with Gasteiger partial charge in [0.05, 0.1) is 0 Å². The Morgan fingerprint density at radius 2 is 0.917 bits per heavy atom. The Morgan fingerprint density at radius 3 is 1.08 bits per heavy atom. The first-order chi connectivity index (χ1) is 4.71. The molecule has 0 spiro atoms. The van der Waals surface area contributed by atoms with Gasteiger partial charge in [0, 0.05) is 21.1 Å². The van der Waals surface area contributed by atoms with Crippen LogP contribution in [0.2, 0.25) is 0 Å². The fraction of sp³-hybridized carbons (Fsp3) is 1.00. The maximum Gasteiger partial charge on any atom is 0 e. The summed E-state index contributed by atoms with van der Waals surface area (Å²) in [6.45, 7) is 13.9. The normalized spacial score (nSPS) is 12.5. The molecular weight excluding hydrogens is 316 g/mol. The van der Waals surface area contributed by atoms with E-state index in [4.69, 9.17) is 0 Å². The van der Waals surface area contributed by atoms with Gasteiger partial charge in [0.1, 0.15) is 0 Å². The predicted octanol–water partition coefficient (Wildman–Crippen LogP) is 4.25. The summed E-state index contributed by atoms with van der Waals surface area (Å²) < 4.78 is 0. The van der Waals surface area contributed by atoms with Crippen LogP contribution >= 0.6 is 0 Å². The predicted molar refractivity (Wildman–Crippen MR) is 52.8 cm³/mol. The molecule has 12 heavy (non-hydrogen) atoms. The second-order valence-electron chi connectivity index (χ2n) is 5.97. The zero-order valence-electron chi connectivity index (χ0n) is 9.53. The maximum atomic E-state index is 2.32. The Morgan fingerprint density at radius 1 is 0.667 bits per heavy atom. The van der Waals surface area contributed by atoms with E-state index in [1.54, 1.807) is 0 Å². The molecule has 0 saturated heterocycles. The second kappa shape index (κ2) is 5.43. The first-order valence-electron chi connectivity index (χ1n) is 4.71. The first kappa shape index (κ1) is 15.2. The summed E-state index contributed by atoms with van der Waals surface area (Å²) in [7, 11) is 0. The number of hydrogen-bond donors (Lipinski definition) is 0. The van der Waals surface area contributed by atoms with Crippen molar-refractivity contribution in [3.8, 4) is 0 Å². The molecule has 0 aromatic rings. The van der Waals surface area contributed by atoms with E-state index in [0.29, 0.717) is 10.8 Å². The van der Waals surface area contributed by atoms with Crippen LogP contribution < -0.4 is 0 Å². The van der Waals surface area contributed by atoms with E-state index >= 15 is 0 Å². The zero-order valence-corrected chi connectivity index (χ0v) is 12.5. The molecule has 0 saturated carbocycles. The summed E-state index contributed by atoms with van der Waals surface area (Å²) in [5.74, 6) is 0. The van der Waals surface area contributed by atoms with E-state index in [9.17, 15) is 0 Å². The zero-order chi connectivity index (χ0) is 9.12. The first-order valence-corrected chi connectivity index (χ1v) is 4.71. The van der Waals surface area contributed by atoms with Crippen LogP contribution in [-0.4, -0.2) is 0 Å². The van der Waals surface area contributed by atoms with Crippen molar-refractivity contribution < 1.29 is 21.1 Å². The quantitative estimate of drug-likeness (QED) is 0.705. The Bertz CT molecular complexity index is 89.2. The van der Waals surface area contributed by atoms with E-state index < -0.39 is 0 Å². The SMILES string of the molecule is CC(C)(C)CCCC(C)(C)C.[W]. The molecule has 0 atom stereocenters. The molecule has 0 unspecified atom stereocenters. The van der Waals surface area contributed by atoms with Crippen molar-refractivity contribution in [3.63, 3.8) is 0 Å². The summed E-state index contributed by atoms with van der Waals surface area (Å²) in [4.78, 5) is 0. The van der Waals surface area contributed by atoms with Gasteiger partial charge in [-0.25, -0.2) is 0 Å². The average molecular weight is 340 g/mol. The van der Waals surface area contributed by atoms with Crippen LogP contribution in [0.3, 0.4) is 0 Å². The van der Waals surface area contributed by atoms with Crippen molar-refractivity contribution in [3.05, 3.63) is 0 Å². The van der Waals surface area contributed by atoms with Gasteiger partial charge in [-0.05, 0) is 23.7 Å². The second-order valence-corrected chi connectivity index (χ2v) is 5.97. The van der Waals surface area contributed by atoms with E-state index in [1.165, 1.54) is 19.3 Å². The molecule has 0 fully saturated rings. The summed E-state index contributed by atoms with van der Waals surface area (Å²) >= 11 is 0. The van der Waals surface area contributed by atoms with Gasteiger partial charge in [-0.1, -0.05) is 48.0 Å². The van der Waals surface area contributed by atoms with Gasteiger partial charge < -0.3 is 0 Å². The number of hydrogen-bond acceptors (Lipinski definition) is 0. The van der Waals surface area contributed by atoms with Gasteiger partial charge in [-0.3, -0.25) is 0 Å². The van der Waals surface area contributed by atoms with Crippen molar-refractivity contribution in [2.24, 2.45) is 10.8 Å². The molecule has 0 aromatic carbocycles. The summed E-state index contributed by atoms with van der Waals surface area (Å²) in [6.07, 6.45) is 4.07. The minimum Gasteiger partial charge on any atom is -0.0602 e. The van der Waals surface area contributed by atoms with Crippen molar-refractivity contribution in [2.75, 3.05) is 0 Å². The number of rotatable bonds is 2. The van der Waals surface area contributed by atoms with E-state index in [1.807, 2.05) is 0 Å². The minimum atomic E-state index is 0. The third-order valence-corrected chi connectivity index (χ3v) is 1.85. The Hall–Kier alpha value is 0.688.